The van der Waals surface area contributed by atoms with Gasteiger partial charge in [0.2, 0.25) is 0 Å². The zero-order chi connectivity index (χ0) is 20.9. The van der Waals surface area contributed by atoms with Crippen LogP contribution in [0.5, 0.6) is 0 Å². The van der Waals surface area contributed by atoms with Crippen molar-refractivity contribution in [3.05, 3.63) is 71.9 Å². The Balaban J connectivity index is 1.36. The van der Waals surface area contributed by atoms with E-state index in [1.165, 1.54) is 11.9 Å². The minimum atomic E-state index is -0.122. The number of aromatic nitrogens is 4. The van der Waals surface area contributed by atoms with Crippen molar-refractivity contribution in [3.8, 4) is 5.82 Å². The van der Waals surface area contributed by atoms with Gasteiger partial charge in [-0.2, -0.15) is 5.10 Å². The van der Waals surface area contributed by atoms with Gasteiger partial charge in [0.1, 0.15) is 12.7 Å². The molecule has 0 radical (unpaired) electrons. The Morgan fingerprint density at radius 2 is 1.93 bits per heavy atom. The van der Waals surface area contributed by atoms with E-state index in [4.69, 9.17) is 4.74 Å². The highest BCUT2D eigenvalue weighted by Crippen LogP contribution is 2.15. The number of hydrogen-bond donors (Lipinski definition) is 1. The van der Waals surface area contributed by atoms with Crippen molar-refractivity contribution in [3.63, 3.8) is 0 Å². The predicted molar refractivity (Wildman–Crippen MR) is 112 cm³/mol. The standard InChI is InChI=1S/C22H26N6O2/c1-16-11-27(12-17(2)30-16)13-18-5-7-19(8-6-18)22(29)25-10-20-4-3-9-24-21(20)28-15-23-14-26-28/h3-9,14-17H,10-13H2,1-2H3,(H,25,29)/t16-,17-/m1/s1. The lowest BCUT2D eigenvalue weighted by Crippen LogP contribution is -2.44. The average Bonchev–Trinajstić information content (AvgIpc) is 3.27. The summed E-state index contributed by atoms with van der Waals surface area (Å²) in [5, 5.41) is 7.08. The van der Waals surface area contributed by atoms with Crippen molar-refractivity contribution < 1.29 is 9.53 Å². The van der Waals surface area contributed by atoms with E-state index < -0.39 is 0 Å². The first-order valence-corrected chi connectivity index (χ1v) is 10.1. The van der Waals surface area contributed by atoms with Gasteiger partial charge in [0.25, 0.3) is 5.91 Å². The lowest BCUT2D eigenvalue weighted by atomic mass is 10.1. The maximum absolute atomic E-state index is 12.6. The fourth-order valence-corrected chi connectivity index (χ4v) is 3.80. The fraction of sp³-hybridized carbons (Fsp3) is 0.364. The highest BCUT2D eigenvalue weighted by molar-refractivity contribution is 5.94. The normalized spacial score (nSPS) is 19.5. The highest BCUT2D eigenvalue weighted by Gasteiger charge is 2.22. The second kappa shape index (κ2) is 9.15. The monoisotopic (exact) mass is 406 g/mol. The predicted octanol–water partition coefficient (Wildman–Crippen LogP) is 2.20. The van der Waals surface area contributed by atoms with Crippen LogP contribution in [0.15, 0.2) is 55.2 Å². The summed E-state index contributed by atoms with van der Waals surface area (Å²) in [5.41, 5.74) is 2.69. The van der Waals surface area contributed by atoms with Gasteiger partial charge in [-0.15, -0.1) is 0 Å². The van der Waals surface area contributed by atoms with Gasteiger partial charge in [0, 0.05) is 43.5 Å². The highest BCUT2D eigenvalue weighted by atomic mass is 16.5. The van der Waals surface area contributed by atoms with Gasteiger partial charge in [-0.25, -0.2) is 14.6 Å². The number of amides is 1. The number of hydrogen-bond acceptors (Lipinski definition) is 6. The van der Waals surface area contributed by atoms with Gasteiger partial charge in [-0.3, -0.25) is 9.69 Å². The lowest BCUT2D eigenvalue weighted by Gasteiger charge is -2.35. The van der Waals surface area contributed by atoms with E-state index in [-0.39, 0.29) is 18.1 Å². The van der Waals surface area contributed by atoms with Crippen LogP contribution < -0.4 is 5.32 Å². The molecule has 156 valence electrons. The number of nitrogens with one attached hydrogen (secondary N) is 1. The molecule has 1 N–H and O–H groups in total. The van der Waals surface area contributed by atoms with E-state index in [9.17, 15) is 4.79 Å². The van der Waals surface area contributed by atoms with Gasteiger partial charge in [-0.05, 0) is 37.6 Å². The zero-order valence-corrected chi connectivity index (χ0v) is 17.2. The van der Waals surface area contributed by atoms with E-state index >= 15 is 0 Å². The zero-order valence-electron chi connectivity index (χ0n) is 17.2. The van der Waals surface area contributed by atoms with Crippen LogP contribution in [0.2, 0.25) is 0 Å². The molecule has 8 heteroatoms. The van der Waals surface area contributed by atoms with Crippen LogP contribution >= 0.6 is 0 Å². The summed E-state index contributed by atoms with van der Waals surface area (Å²) >= 11 is 0. The molecule has 0 spiro atoms. The Labute approximate surface area is 175 Å². The number of ether oxygens (including phenoxy) is 1. The van der Waals surface area contributed by atoms with E-state index in [1.807, 2.05) is 36.4 Å². The third-order valence-electron chi connectivity index (χ3n) is 5.06. The summed E-state index contributed by atoms with van der Waals surface area (Å²) in [6.07, 6.45) is 5.22. The van der Waals surface area contributed by atoms with Gasteiger partial charge in [0.15, 0.2) is 5.82 Å². The third-order valence-corrected chi connectivity index (χ3v) is 5.06. The lowest BCUT2D eigenvalue weighted by molar-refractivity contribution is -0.0704. The maximum Gasteiger partial charge on any atom is 0.251 e. The largest absolute Gasteiger partial charge is 0.373 e. The van der Waals surface area contributed by atoms with Crippen molar-refractivity contribution in [1.82, 2.24) is 30.0 Å². The molecule has 0 unspecified atom stereocenters. The molecule has 8 nitrogen and oxygen atoms in total. The van der Waals surface area contributed by atoms with Gasteiger partial charge >= 0.3 is 0 Å². The summed E-state index contributed by atoms with van der Waals surface area (Å²) in [6.45, 7) is 7.26. The van der Waals surface area contributed by atoms with Crippen LogP contribution in [0.1, 0.15) is 35.3 Å². The minimum absolute atomic E-state index is 0.122. The average molecular weight is 406 g/mol. The van der Waals surface area contributed by atoms with Crippen LogP contribution in [-0.2, 0) is 17.8 Å². The Morgan fingerprint density at radius 3 is 2.63 bits per heavy atom. The Bertz CT molecular complexity index is 964. The number of carbonyl (C=O) groups excluding carboxylic acids is 1. The van der Waals surface area contributed by atoms with Gasteiger partial charge in [-0.1, -0.05) is 18.2 Å². The molecule has 4 rings (SSSR count). The summed E-state index contributed by atoms with van der Waals surface area (Å²) < 4.78 is 7.38. The SMILES string of the molecule is C[C@@H]1CN(Cc2ccc(C(=O)NCc3cccnc3-n3cncn3)cc2)C[C@@H](C)O1. The van der Waals surface area contributed by atoms with E-state index in [0.29, 0.717) is 17.9 Å². The topological polar surface area (TPSA) is 85.2 Å². The molecule has 1 aliphatic heterocycles. The molecule has 2 aromatic heterocycles. The van der Waals surface area contributed by atoms with E-state index in [0.717, 1.165) is 25.2 Å². The molecule has 0 bridgehead atoms. The number of carbonyl (C=O) groups is 1. The third kappa shape index (κ3) is 4.90. The Morgan fingerprint density at radius 1 is 1.17 bits per heavy atom. The van der Waals surface area contributed by atoms with Crippen LogP contribution in [0.3, 0.4) is 0 Å². The summed E-state index contributed by atoms with van der Waals surface area (Å²) in [6, 6.07) is 11.5. The second-order valence-corrected chi connectivity index (χ2v) is 7.66. The molecule has 3 heterocycles. The number of nitrogens with zero attached hydrogens (tertiary/aromatic N) is 5. The van der Waals surface area contributed by atoms with Gasteiger partial charge < -0.3 is 10.1 Å². The molecule has 1 fully saturated rings. The Hall–Kier alpha value is -3.10. The van der Waals surface area contributed by atoms with Crippen LogP contribution in [0.4, 0.5) is 0 Å². The maximum atomic E-state index is 12.6. The number of morpholine rings is 1. The van der Waals surface area contributed by atoms with E-state index in [1.54, 1.807) is 17.2 Å². The second-order valence-electron chi connectivity index (χ2n) is 7.66. The van der Waals surface area contributed by atoms with Gasteiger partial charge in [0.05, 0.1) is 12.2 Å². The smallest absolute Gasteiger partial charge is 0.251 e. The quantitative estimate of drug-likeness (QED) is 0.676. The summed E-state index contributed by atoms with van der Waals surface area (Å²) in [7, 11) is 0. The molecule has 2 atom stereocenters. The molecule has 1 saturated heterocycles. The van der Waals surface area contributed by atoms with Crippen molar-refractivity contribution in [2.24, 2.45) is 0 Å². The van der Waals surface area contributed by atoms with Crippen molar-refractivity contribution in [2.75, 3.05) is 13.1 Å². The summed E-state index contributed by atoms with van der Waals surface area (Å²) in [4.78, 5) is 23.3. The molecule has 0 saturated carbocycles. The molecule has 1 aromatic carbocycles. The van der Waals surface area contributed by atoms with E-state index in [2.05, 4.69) is 39.1 Å². The first-order valence-electron chi connectivity index (χ1n) is 10.1. The van der Waals surface area contributed by atoms with Crippen molar-refractivity contribution in [2.45, 2.75) is 39.1 Å². The number of benzene rings is 1. The van der Waals surface area contributed by atoms with Crippen molar-refractivity contribution >= 4 is 5.91 Å². The fourth-order valence-electron chi connectivity index (χ4n) is 3.80. The summed E-state index contributed by atoms with van der Waals surface area (Å²) in [5.74, 6) is 0.531. The molecule has 1 amide bonds. The molecular weight excluding hydrogens is 380 g/mol. The molecule has 30 heavy (non-hydrogen) atoms. The number of pyridine rings is 1. The molecule has 1 aliphatic rings. The Kier molecular flexibility index (Phi) is 6.15. The molecule has 3 aromatic rings. The van der Waals surface area contributed by atoms with Crippen LogP contribution in [0.25, 0.3) is 5.82 Å². The molecular formula is C22H26N6O2. The number of rotatable bonds is 6. The molecule has 0 aliphatic carbocycles. The van der Waals surface area contributed by atoms with Crippen LogP contribution in [0, 0.1) is 0 Å². The van der Waals surface area contributed by atoms with Crippen LogP contribution in [-0.4, -0.2) is 55.9 Å². The first-order chi connectivity index (χ1) is 14.6. The first kappa shape index (κ1) is 20.2. The van der Waals surface area contributed by atoms with Crippen molar-refractivity contribution in [1.29, 1.82) is 0 Å². The minimum Gasteiger partial charge on any atom is -0.373 e.